The molecule has 1 aliphatic rings. The van der Waals surface area contributed by atoms with E-state index in [1.807, 2.05) is 0 Å². The van der Waals surface area contributed by atoms with E-state index in [0.29, 0.717) is 24.5 Å². The molecule has 2 rings (SSSR count). The Balaban J connectivity index is 2.20. The Morgan fingerprint density at radius 2 is 1.87 bits per heavy atom. The Morgan fingerprint density at radius 3 is 2.43 bits per heavy atom. The van der Waals surface area contributed by atoms with Crippen molar-refractivity contribution in [2.24, 2.45) is 0 Å². The van der Waals surface area contributed by atoms with Crippen molar-refractivity contribution >= 4 is 21.6 Å². The quantitative estimate of drug-likeness (QED) is 0.821. The lowest BCUT2D eigenvalue weighted by Crippen LogP contribution is -2.43. The normalized spacial score (nSPS) is 15.8. The van der Waals surface area contributed by atoms with Crippen LogP contribution in [0.15, 0.2) is 24.3 Å². The number of carbonyl (C=O) groups is 1. The molecule has 0 saturated carbocycles. The minimum absolute atomic E-state index is 0.153. The highest BCUT2D eigenvalue weighted by molar-refractivity contribution is 7.92. The molecule has 6 nitrogen and oxygen atoms in total. The highest BCUT2D eigenvalue weighted by atomic mass is 32.2. The highest BCUT2D eigenvalue weighted by Crippen LogP contribution is 2.23. The summed E-state index contributed by atoms with van der Waals surface area (Å²) in [6.07, 6.45) is 5.31. The van der Waals surface area contributed by atoms with Crippen LogP contribution in [0.25, 0.3) is 0 Å². The van der Waals surface area contributed by atoms with E-state index in [9.17, 15) is 13.2 Å². The third-order valence-corrected chi connectivity index (χ3v) is 5.12. The molecule has 1 aromatic rings. The number of methoxy groups -OCH3 is 1. The van der Waals surface area contributed by atoms with Gasteiger partial charge < -0.3 is 9.64 Å². The SMILES string of the molecule is COc1cccc(N(CC(=O)N2CCCCCC2)S(C)(=O)=O)c1. The average Bonchev–Trinajstić information content (AvgIpc) is 2.80. The molecule has 0 unspecified atom stereocenters. The fraction of sp³-hybridized carbons (Fsp3) is 0.562. The number of hydrogen-bond donors (Lipinski definition) is 0. The summed E-state index contributed by atoms with van der Waals surface area (Å²) in [5.74, 6) is 0.401. The van der Waals surface area contributed by atoms with Gasteiger partial charge in [-0.05, 0) is 25.0 Å². The number of amides is 1. The number of benzene rings is 1. The Bertz CT molecular complexity index is 637. The zero-order valence-corrected chi connectivity index (χ0v) is 14.5. The molecule has 0 bridgehead atoms. The summed E-state index contributed by atoms with van der Waals surface area (Å²) in [4.78, 5) is 14.3. The number of anilines is 1. The van der Waals surface area contributed by atoms with Crippen LogP contribution in [-0.2, 0) is 14.8 Å². The van der Waals surface area contributed by atoms with Crippen molar-refractivity contribution in [1.29, 1.82) is 0 Å². The second-order valence-electron chi connectivity index (χ2n) is 5.77. The predicted molar refractivity (Wildman–Crippen MR) is 90.2 cm³/mol. The van der Waals surface area contributed by atoms with Gasteiger partial charge in [0.15, 0.2) is 0 Å². The topological polar surface area (TPSA) is 66.9 Å². The minimum atomic E-state index is -3.56. The number of hydrogen-bond acceptors (Lipinski definition) is 4. The first kappa shape index (κ1) is 17.6. The van der Waals surface area contributed by atoms with E-state index in [-0.39, 0.29) is 12.5 Å². The van der Waals surface area contributed by atoms with E-state index in [0.717, 1.165) is 36.2 Å². The Hall–Kier alpha value is -1.76. The Morgan fingerprint density at radius 1 is 1.22 bits per heavy atom. The zero-order chi connectivity index (χ0) is 16.9. The zero-order valence-electron chi connectivity index (χ0n) is 13.7. The third-order valence-electron chi connectivity index (χ3n) is 3.98. The summed E-state index contributed by atoms with van der Waals surface area (Å²) in [5, 5.41) is 0. The van der Waals surface area contributed by atoms with Gasteiger partial charge in [0.05, 0.1) is 19.1 Å². The number of carbonyl (C=O) groups excluding carboxylic acids is 1. The van der Waals surface area contributed by atoms with Crippen molar-refractivity contribution < 1.29 is 17.9 Å². The predicted octanol–water partition coefficient (Wildman–Crippen LogP) is 1.86. The lowest BCUT2D eigenvalue weighted by molar-refractivity contribution is -0.129. The summed E-state index contributed by atoms with van der Waals surface area (Å²) < 4.78 is 30.5. The van der Waals surface area contributed by atoms with Crippen LogP contribution in [0.4, 0.5) is 5.69 Å². The van der Waals surface area contributed by atoms with Gasteiger partial charge in [0.25, 0.3) is 0 Å². The van der Waals surface area contributed by atoms with Crippen molar-refractivity contribution in [1.82, 2.24) is 4.90 Å². The maximum absolute atomic E-state index is 12.5. The molecule has 0 aromatic heterocycles. The molecular formula is C16H24N2O4S. The molecule has 0 N–H and O–H groups in total. The fourth-order valence-electron chi connectivity index (χ4n) is 2.71. The number of sulfonamides is 1. The van der Waals surface area contributed by atoms with Gasteiger partial charge in [-0.2, -0.15) is 0 Å². The highest BCUT2D eigenvalue weighted by Gasteiger charge is 2.24. The molecule has 1 heterocycles. The molecule has 1 amide bonds. The third kappa shape index (κ3) is 4.86. The second-order valence-corrected chi connectivity index (χ2v) is 7.67. The summed E-state index contributed by atoms with van der Waals surface area (Å²) >= 11 is 0. The molecule has 0 radical (unpaired) electrons. The molecular weight excluding hydrogens is 316 g/mol. The first-order chi connectivity index (χ1) is 10.9. The van der Waals surface area contributed by atoms with Gasteiger partial charge in [-0.1, -0.05) is 18.9 Å². The van der Waals surface area contributed by atoms with Crippen LogP contribution in [0.1, 0.15) is 25.7 Å². The van der Waals surface area contributed by atoms with E-state index < -0.39 is 10.0 Å². The summed E-state index contributed by atoms with van der Waals surface area (Å²) in [5.41, 5.74) is 0.440. The van der Waals surface area contributed by atoms with E-state index in [2.05, 4.69) is 0 Å². The number of ether oxygens (including phenoxy) is 1. The van der Waals surface area contributed by atoms with E-state index >= 15 is 0 Å². The van der Waals surface area contributed by atoms with E-state index in [1.165, 1.54) is 7.11 Å². The lowest BCUT2D eigenvalue weighted by atomic mass is 10.2. The first-order valence-electron chi connectivity index (χ1n) is 7.81. The van der Waals surface area contributed by atoms with Crippen molar-refractivity contribution in [3.63, 3.8) is 0 Å². The van der Waals surface area contributed by atoms with Gasteiger partial charge in [-0.3, -0.25) is 9.10 Å². The molecule has 128 valence electrons. The summed E-state index contributed by atoms with van der Waals surface area (Å²) in [6, 6.07) is 6.74. The maximum atomic E-state index is 12.5. The van der Waals surface area contributed by atoms with Crippen molar-refractivity contribution in [3.05, 3.63) is 24.3 Å². The molecule has 1 aliphatic heterocycles. The van der Waals surface area contributed by atoms with Crippen LogP contribution in [0.3, 0.4) is 0 Å². The van der Waals surface area contributed by atoms with Crippen LogP contribution in [-0.4, -0.2) is 52.2 Å². The van der Waals surface area contributed by atoms with Gasteiger partial charge in [0.2, 0.25) is 15.9 Å². The number of rotatable bonds is 5. The van der Waals surface area contributed by atoms with Crippen LogP contribution in [0.2, 0.25) is 0 Å². The maximum Gasteiger partial charge on any atom is 0.243 e. The van der Waals surface area contributed by atoms with Crippen LogP contribution >= 0.6 is 0 Å². The number of nitrogens with zero attached hydrogens (tertiary/aromatic N) is 2. The molecule has 0 atom stereocenters. The van der Waals surface area contributed by atoms with Crippen LogP contribution in [0.5, 0.6) is 5.75 Å². The smallest absolute Gasteiger partial charge is 0.243 e. The average molecular weight is 340 g/mol. The minimum Gasteiger partial charge on any atom is -0.497 e. The molecule has 0 aliphatic carbocycles. The van der Waals surface area contributed by atoms with Gasteiger partial charge in [0.1, 0.15) is 12.3 Å². The lowest BCUT2D eigenvalue weighted by Gasteiger charge is -2.26. The standard InChI is InChI=1S/C16H24N2O4S/c1-22-15-9-7-8-14(12-15)18(23(2,20)21)13-16(19)17-10-5-3-4-6-11-17/h7-9,12H,3-6,10-11,13H2,1-2H3. The van der Waals surface area contributed by atoms with Gasteiger partial charge in [0, 0.05) is 19.2 Å². The molecule has 23 heavy (non-hydrogen) atoms. The summed E-state index contributed by atoms with van der Waals surface area (Å²) in [7, 11) is -2.04. The van der Waals surface area contributed by atoms with Gasteiger partial charge in [-0.15, -0.1) is 0 Å². The largest absolute Gasteiger partial charge is 0.497 e. The first-order valence-corrected chi connectivity index (χ1v) is 9.66. The van der Waals surface area contributed by atoms with E-state index in [1.54, 1.807) is 29.2 Å². The Labute approximate surface area is 138 Å². The molecule has 1 saturated heterocycles. The second kappa shape index (κ2) is 7.68. The van der Waals surface area contributed by atoms with Gasteiger partial charge >= 0.3 is 0 Å². The van der Waals surface area contributed by atoms with Crippen molar-refractivity contribution in [2.75, 3.05) is 37.3 Å². The van der Waals surface area contributed by atoms with Gasteiger partial charge in [-0.25, -0.2) is 8.42 Å². The van der Waals surface area contributed by atoms with Crippen LogP contribution < -0.4 is 9.04 Å². The molecule has 1 aromatic carbocycles. The number of likely N-dealkylation sites (tertiary alicyclic amines) is 1. The van der Waals surface area contributed by atoms with E-state index in [4.69, 9.17) is 4.74 Å². The van der Waals surface area contributed by atoms with Crippen molar-refractivity contribution in [3.8, 4) is 5.75 Å². The molecule has 1 fully saturated rings. The summed E-state index contributed by atoms with van der Waals surface area (Å²) in [6.45, 7) is 1.23. The molecule has 0 spiro atoms. The Kier molecular flexibility index (Phi) is 5.87. The van der Waals surface area contributed by atoms with Crippen molar-refractivity contribution in [2.45, 2.75) is 25.7 Å². The monoisotopic (exact) mass is 340 g/mol. The molecule has 7 heteroatoms. The fourth-order valence-corrected chi connectivity index (χ4v) is 3.55. The van der Waals surface area contributed by atoms with Crippen LogP contribution in [0, 0.1) is 0 Å².